The van der Waals surface area contributed by atoms with E-state index in [-0.39, 0.29) is 5.82 Å². The molecule has 0 atom stereocenters. The minimum atomic E-state index is -0.485. The van der Waals surface area contributed by atoms with Crippen LogP contribution in [0, 0.1) is 12.7 Å². The largest absolute Gasteiger partial charge is 0.354 e. The van der Waals surface area contributed by atoms with Crippen molar-refractivity contribution < 1.29 is 4.39 Å². The van der Waals surface area contributed by atoms with Crippen molar-refractivity contribution >= 4 is 33.4 Å². The molecule has 0 saturated carbocycles. The summed E-state index contributed by atoms with van der Waals surface area (Å²) in [5.41, 5.74) is 1.79. The van der Waals surface area contributed by atoms with Gasteiger partial charge in [-0.15, -0.1) is 0 Å². The van der Waals surface area contributed by atoms with Gasteiger partial charge in [0.2, 0.25) is 5.95 Å². The van der Waals surface area contributed by atoms with Crippen LogP contribution < -0.4 is 10.6 Å². The quantitative estimate of drug-likeness (QED) is 0.896. The van der Waals surface area contributed by atoms with Gasteiger partial charge >= 0.3 is 0 Å². The highest BCUT2D eigenvalue weighted by Gasteiger charge is 2.09. The Kier molecular flexibility index (Phi) is 4.31. The summed E-state index contributed by atoms with van der Waals surface area (Å²) in [7, 11) is 0. The van der Waals surface area contributed by atoms with E-state index in [0.29, 0.717) is 12.5 Å². The van der Waals surface area contributed by atoms with Crippen LogP contribution in [0.4, 0.5) is 21.8 Å². The van der Waals surface area contributed by atoms with Gasteiger partial charge in [-0.05, 0) is 31.5 Å². The van der Waals surface area contributed by atoms with Crippen molar-refractivity contribution in [1.29, 1.82) is 0 Å². The molecule has 1 heterocycles. The van der Waals surface area contributed by atoms with Gasteiger partial charge in [0.25, 0.3) is 0 Å². The third-order valence-electron chi connectivity index (χ3n) is 2.60. The molecule has 19 heavy (non-hydrogen) atoms. The number of halogens is 2. The van der Waals surface area contributed by atoms with E-state index in [1.54, 1.807) is 0 Å². The van der Waals surface area contributed by atoms with Crippen LogP contribution in [0.1, 0.15) is 12.5 Å². The summed E-state index contributed by atoms with van der Waals surface area (Å²) in [6.07, 6.45) is 1.15. The van der Waals surface area contributed by atoms with Gasteiger partial charge in [0.1, 0.15) is 0 Å². The summed E-state index contributed by atoms with van der Waals surface area (Å²) in [6.45, 7) is 4.55. The zero-order valence-electron chi connectivity index (χ0n) is 10.7. The molecule has 0 saturated heterocycles. The van der Waals surface area contributed by atoms with Gasteiger partial charge in [0.15, 0.2) is 11.6 Å². The highest BCUT2D eigenvalue weighted by Crippen LogP contribution is 2.26. The summed E-state index contributed by atoms with van der Waals surface area (Å²) >= 11 is 3.44. The number of benzene rings is 1. The molecule has 2 rings (SSSR count). The van der Waals surface area contributed by atoms with Crippen LogP contribution in [0.2, 0.25) is 0 Å². The van der Waals surface area contributed by atoms with Crippen LogP contribution in [0.15, 0.2) is 28.9 Å². The van der Waals surface area contributed by atoms with E-state index < -0.39 is 5.82 Å². The van der Waals surface area contributed by atoms with Crippen molar-refractivity contribution in [2.75, 3.05) is 17.2 Å². The molecule has 0 unspecified atom stereocenters. The average molecular weight is 325 g/mol. The lowest BCUT2D eigenvalue weighted by molar-refractivity contribution is 0.619. The average Bonchev–Trinajstić information content (AvgIpc) is 2.39. The van der Waals surface area contributed by atoms with Crippen LogP contribution in [-0.2, 0) is 0 Å². The molecular weight excluding hydrogens is 311 g/mol. The molecular formula is C13H14BrFN4. The third kappa shape index (κ3) is 3.20. The van der Waals surface area contributed by atoms with E-state index in [2.05, 4.69) is 36.5 Å². The lowest BCUT2D eigenvalue weighted by Gasteiger charge is -2.11. The number of nitrogens with zero attached hydrogens (tertiary/aromatic N) is 2. The molecule has 0 spiro atoms. The monoisotopic (exact) mass is 324 g/mol. The second kappa shape index (κ2) is 5.97. The first-order valence-electron chi connectivity index (χ1n) is 5.90. The fraction of sp³-hybridized carbons (Fsp3) is 0.231. The van der Waals surface area contributed by atoms with Gasteiger partial charge in [-0.25, -0.2) is 9.37 Å². The first kappa shape index (κ1) is 13.7. The zero-order chi connectivity index (χ0) is 13.8. The van der Waals surface area contributed by atoms with Gasteiger partial charge in [-0.2, -0.15) is 4.98 Å². The van der Waals surface area contributed by atoms with Gasteiger partial charge in [-0.1, -0.05) is 22.0 Å². The van der Waals surface area contributed by atoms with Crippen molar-refractivity contribution in [1.82, 2.24) is 9.97 Å². The molecule has 0 bridgehead atoms. The molecule has 0 radical (unpaired) electrons. The Labute approximate surface area is 119 Å². The Bertz CT molecular complexity index is 589. The fourth-order valence-corrected chi connectivity index (χ4v) is 1.93. The molecule has 2 aromatic rings. The second-order valence-electron chi connectivity index (χ2n) is 3.96. The molecule has 1 aromatic heterocycles. The van der Waals surface area contributed by atoms with Gasteiger partial charge < -0.3 is 10.6 Å². The van der Waals surface area contributed by atoms with Gasteiger partial charge in [0, 0.05) is 16.7 Å². The number of aromatic nitrogens is 2. The number of hydrogen-bond donors (Lipinski definition) is 2. The van der Waals surface area contributed by atoms with E-state index in [1.807, 2.05) is 32.0 Å². The van der Waals surface area contributed by atoms with E-state index >= 15 is 0 Å². The number of rotatable bonds is 4. The zero-order valence-corrected chi connectivity index (χ0v) is 12.3. The Morgan fingerprint density at radius 1 is 1.37 bits per heavy atom. The smallest absolute Gasteiger partial charge is 0.224 e. The lowest BCUT2D eigenvalue weighted by atomic mass is 10.2. The van der Waals surface area contributed by atoms with Crippen LogP contribution in [-0.4, -0.2) is 16.5 Å². The summed E-state index contributed by atoms with van der Waals surface area (Å²) in [5, 5.41) is 5.93. The van der Waals surface area contributed by atoms with Crippen molar-refractivity contribution in [3.05, 3.63) is 40.2 Å². The third-order valence-corrected chi connectivity index (χ3v) is 3.46. The Morgan fingerprint density at radius 3 is 2.89 bits per heavy atom. The molecule has 0 aliphatic heterocycles. The molecule has 0 aliphatic carbocycles. The molecule has 1 aromatic carbocycles. The molecule has 100 valence electrons. The van der Waals surface area contributed by atoms with Crippen molar-refractivity contribution in [3.8, 4) is 0 Å². The summed E-state index contributed by atoms with van der Waals surface area (Å²) in [4.78, 5) is 7.97. The Morgan fingerprint density at radius 2 is 2.16 bits per heavy atom. The molecule has 0 amide bonds. The maximum atomic E-state index is 13.7. The van der Waals surface area contributed by atoms with Crippen molar-refractivity contribution in [2.45, 2.75) is 13.8 Å². The highest BCUT2D eigenvalue weighted by atomic mass is 79.9. The van der Waals surface area contributed by atoms with Gasteiger partial charge in [-0.3, -0.25) is 0 Å². The molecule has 0 fully saturated rings. The Balaban J connectivity index is 2.32. The standard InChI is InChI=1S/C13H14BrFN4/c1-3-16-13-17-7-10(15)12(19-13)18-11-6-4-5-9(14)8(11)2/h4-7H,3H2,1-2H3,(H2,16,17,18,19). The van der Waals surface area contributed by atoms with E-state index in [9.17, 15) is 4.39 Å². The normalized spacial score (nSPS) is 10.3. The Hall–Kier alpha value is -1.69. The summed E-state index contributed by atoms with van der Waals surface area (Å²) < 4.78 is 14.7. The predicted molar refractivity (Wildman–Crippen MR) is 78.3 cm³/mol. The molecule has 0 aliphatic rings. The van der Waals surface area contributed by atoms with E-state index in [0.717, 1.165) is 21.9 Å². The second-order valence-corrected chi connectivity index (χ2v) is 4.81. The SMILES string of the molecule is CCNc1ncc(F)c(Nc2cccc(Br)c2C)n1. The molecule has 4 nitrogen and oxygen atoms in total. The topological polar surface area (TPSA) is 49.8 Å². The van der Waals surface area contributed by atoms with Crippen LogP contribution in [0.3, 0.4) is 0 Å². The predicted octanol–water partition coefficient (Wildman–Crippen LogP) is 3.86. The maximum absolute atomic E-state index is 13.7. The van der Waals surface area contributed by atoms with Crippen molar-refractivity contribution in [3.63, 3.8) is 0 Å². The van der Waals surface area contributed by atoms with E-state index in [4.69, 9.17) is 0 Å². The maximum Gasteiger partial charge on any atom is 0.224 e. The number of hydrogen-bond acceptors (Lipinski definition) is 4. The first-order valence-corrected chi connectivity index (χ1v) is 6.69. The van der Waals surface area contributed by atoms with E-state index in [1.165, 1.54) is 0 Å². The molecule has 2 N–H and O–H groups in total. The van der Waals surface area contributed by atoms with Gasteiger partial charge in [0.05, 0.1) is 6.20 Å². The minimum absolute atomic E-state index is 0.159. The van der Waals surface area contributed by atoms with Crippen molar-refractivity contribution in [2.24, 2.45) is 0 Å². The van der Waals surface area contributed by atoms with Crippen LogP contribution >= 0.6 is 15.9 Å². The summed E-state index contributed by atoms with van der Waals surface area (Å²) in [5.74, 6) is 0.0761. The number of nitrogens with one attached hydrogen (secondary N) is 2. The highest BCUT2D eigenvalue weighted by molar-refractivity contribution is 9.10. The fourth-order valence-electron chi connectivity index (χ4n) is 1.57. The number of anilines is 3. The van der Waals surface area contributed by atoms with Crippen LogP contribution in [0.5, 0.6) is 0 Å². The lowest BCUT2D eigenvalue weighted by Crippen LogP contribution is -2.06. The minimum Gasteiger partial charge on any atom is -0.354 e. The molecule has 6 heteroatoms. The van der Waals surface area contributed by atoms with Crippen LogP contribution in [0.25, 0.3) is 0 Å². The summed E-state index contributed by atoms with van der Waals surface area (Å²) in [6, 6.07) is 5.68. The first-order chi connectivity index (χ1) is 9.11.